The molecule has 0 aliphatic rings. The van der Waals surface area contributed by atoms with Gasteiger partial charge in [0.25, 0.3) is 5.91 Å². The fraction of sp³-hybridized carbons (Fsp3) is 0.421. The van der Waals surface area contributed by atoms with E-state index < -0.39 is 0 Å². The summed E-state index contributed by atoms with van der Waals surface area (Å²) in [5.41, 5.74) is 2.62. The van der Waals surface area contributed by atoms with E-state index in [1.807, 2.05) is 43.5 Å². The highest BCUT2D eigenvalue weighted by Gasteiger charge is 2.21. The number of carbonyl (C=O) groups excluding carboxylic acids is 1. The number of anilines is 1. The number of amides is 1. The molecule has 0 atom stereocenters. The molecule has 0 bridgehead atoms. The number of benzene rings is 1. The Balaban J connectivity index is 1.99. The van der Waals surface area contributed by atoms with Crippen LogP contribution in [0, 0.1) is 6.92 Å². The Morgan fingerprint density at radius 1 is 1.31 bits per heavy atom. The quantitative estimate of drug-likeness (QED) is 0.687. The minimum atomic E-state index is -0.162. The van der Waals surface area contributed by atoms with Gasteiger partial charge in [0.15, 0.2) is 0 Å². The molecular weight excluding hydrogens is 348 g/mol. The first-order chi connectivity index (χ1) is 12.5. The van der Waals surface area contributed by atoms with Crippen molar-refractivity contribution in [3.63, 3.8) is 0 Å². The largest absolute Gasteiger partial charge is 0.494 e. The molecule has 3 rings (SSSR count). The summed E-state index contributed by atoms with van der Waals surface area (Å²) < 4.78 is 7.63. The van der Waals surface area contributed by atoms with Crippen molar-refractivity contribution in [2.75, 3.05) is 11.9 Å². The molecule has 138 valence electrons. The van der Waals surface area contributed by atoms with Crippen molar-refractivity contribution in [2.45, 2.75) is 47.1 Å². The molecule has 3 aromatic rings. The maximum absolute atomic E-state index is 12.9. The van der Waals surface area contributed by atoms with E-state index in [4.69, 9.17) is 4.74 Å². The molecule has 0 unspecified atom stereocenters. The lowest BCUT2D eigenvalue weighted by Gasteiger charge is -2.08. The van der Waals surface area contributed by atoms with Gasteiger partial charge in [0.1, 0.15) is 16.5 Å². The Kier molecular flexibility index (Phi) is 5.27. The fourth-order valence-electron chi connectivity index (χ4n) is 3.05. The van der Waals surface area contributed by atoms with E-state index in [1.54, 1.807) is 0 Å². The van der Waals surface area contributed by atoms with Gasteiger partial charge in [-0.25, -0.2) is 0 Å². The molecule has 1 amide bonds. The molecule has 2 heterocycles. The Morgan fingerprint density at radius 3 is 2.69 bits per heavy atom. The van der Waals surface area contributed by atoms with E-state index in [-0.39, 0.29) is 5.91 Å². The number of nitrogens with one attached hydrogen (secondary N) is 1. The molecule has 26 heavy (non-hydrogen) atoms. The zero-order valence-corrected chi connectivity index (χ0v) is 16.6. The molecule has 1 N–H and O–H groups in total. The lowest BCUT2D eigenvalue weighted by molar-refractivity contribution is 0.101. The summed E-state index contributed by atoms with van der Waals surface area (Å²) in [5.74, 6) is 0.943. The number of aryl methyl sites for hydroxylation is 2. The number of hydrogen-bond donors (Lipinski definition) is 1. The Bertz CT molecular complexity index is 943. The van der Waals surface area contributed by atoms with Crippen molar-refractivity contribution in [3.05, 3.63) is 34.5 Å². The van der Waals surface area contributed by atoms with E-state index in [1.165, 1.54) is 11.3 Å². The second kappa shape index (κ2) is 7.45. The SMILES string of the molecule is CCOc1ccc2c(c1)c(C)c(C(=O)Nc1nnc(C(C)C)s1)n2CC. The van der Waals surface area contributed by atoms with Gasteiger partial charge in [0, 0.05) is 23.4 Å². The van der Waals surface area contributed by atoms with Gasteiger partial charge in [-0.05, 0) is 44.5 Å². The van der Waals surface area contributed by atoms with Crippen molar-refractivity contribution in [1.29, 1.82) is 0 Å². The van der Waals surface area contributed by atoms with Gasteiger partial charge in [-0.2, -0.15) is 0 Å². The standard InChI is InChI=1S/C19H24N4O2S/c1-6-23-15-9-8-13(25-7-2)10-14(15)12(5)16(23)17(24)20-19-22-21-18(26-19)11(3)4/h8-11H,6-7H2,1-5H3,(H,20,22,24). The van der Waals surface area contributed by atoms with Crippen LogP contribution in [0.15, 0.2) is 18.2 Å². The van der Waals surface area contributed by atoms with Gasteiger partial charge >= 0.3 is 0 Å². The maximum atomic E-state index is 12.9. The highest BCUT2D eigenvalue weighted by molar-refractivity contribution is 7.15. The molecule has 0 saturated carbocycles. The molecule has 0 aliphatic carbocycles. The predicted octanol–water partition coefficient (Wildman–Crippen LogP) is 4.60. The first-order valence-corrected chi connectivity index (χ1v) is 9.68. The number of carbonyl (C=O) groups is 1. The Hall–Kier alpha value is -2.41. The average Bonchev–Trinajstić information content (AvgIpc) is 3.18. The normalized spacial score (nSPS) is 11.3. The molecular formula is C19H24N4O2S. The molecule has 0 radical (unpaired) electrons. The van der Waals surface area contributed by atoms with Gasteiger partial charge in [0.2, 0.25) is 5.13 Å². The van der Waals surface area contributed by atoms with Gasteiger partial charge in [0.05, 0.1) is 6.61 Å². The van der Waals surface area contributed by atoms with Gasteiger partial charge in [-0.1, -0.05) is 25.2 Å². The number of hydrogen-bond acceptors (Lipinski definition) is 5. The minimum Gasteiger partial charge on any atom is -0.494 e. The van der Waals surface area contributed by atoms with Crippen LogP contribution in [-0.2, 0) is 6.54 Å². The molecule has 0 aliphatic heterocycles. The second-order valence-corrected chi connectivity index (χ2v) is 7.39. The van der Waals surface area contributed by atoms with E-state index in [2.05, 4.69) is 29.4 Å². The zero-order valence-electron chi connectivity index (χ0n) is 15.8. The molecule has 1 aromatic carbocycles. The smallest absolute Gasteiger partial charge is 0.274 e. The van der Waals surface area contributed by atoms with Crippen LogP contribution in [0.25, 0.3) is 10.9 Å². The first-order valence-electron chi connectivity index (χ1n) is 8.86. The van der Waals surface area contributed by atoms with Gasteiger partial charge in [-0.3, -0.25) is 10.1 Å². The predicted molar refractivity (Wildman–Crippen MR) is 105 cm³/mol. The summed E-state index contributed by atoms with van der Waals surface area (Å²) in [6.07, 6.45) is 0. The first kappa shape index (κ1) is 18.4. The average molecular weight is 372 g/mol. The van der Waals surface area contributed by atoms with Crippen LogP contribution in [0.2, 0.25) is 0 Å². The van der Waals surface area contributed by atoms with Crippen LogP contribution in [-0.4, -0.2) is 27.3 Å². The number of aromatic nitrogens is 3. The number of nitrogens with zero attached hydrogens (tertiary/aromatic N) is 3. The summed E-state index contributed by atoms with van der Waals surface area (Å²) in [6, 6.07) is 5.95. The minimum absolute atomic E-state index is 0.162. The summed E-state index contributed by atoms with van der Waals surface area (Å²) in [4.78, 5) is 12.9. The molecule has 2 aromatic heterocycles. The number of rotatable bonds is 6. The van der Waals surface area contributed by atoms with Crippen LogP contribution in [0.1, 0.15) is 54.7 Å². The molecule has 6 nitrogen and oxygen atoms in total. The highest BCUT2D eigenvalue weighted by atomic mass is 32.1. The lowest BCUT2D eigenvalue weighted by Crippen LogP contribution is -2.17. The summed E-state index contributed by atoms with van der Waals surface area (Å²) >= 11 is 1.42. The molecule has 7 heteroatoms. The maximum Gasteiger partial charge on any atom is 0.274 e. The summed E-state index contributed by atoms with van der Waals surface area (Å²) in [6.45, 7) is 11.4. The van der Waals surface area contributed by atoms with E-state index >= 15 is 0 Å². The molecule has 0 fully saturated rings. The molecule has 0 saturated heterocycles. The van der Waals surface area contributed by atoms with Crippen molar-refractivity contribution >= 4 is 33.3 Å². The van der Waals surface area contributed by atoms with Gasteiger partial charge in [-0.15, -0.1) is 10.2 Å². The van der Waals surface area contributed by atoms with Gasteiger partial charge < -0.3 is 9.30 Å². The van der Waals surface area contributed by atoms with Crippen molar-refractivity contribution in [3.8, 4) is 5.75 Å². The van der Waals surface area contributed by atoms with Crippen LogP contribution in [0.5, 0.6) is 5.75 Å². The van der Waals surface area contributed by atoms with E-state index in [0.29, 0.717) is 29.9 Å². The monoisotopic (exact) mass is 372 g/mol. The van der Waals surface area contributed by atoms with Crippen molar-refractivity contribution < 1.29 is 9.53 Å². The third-order valence-corrected chi connectivity index (χ3v) is 5.42. The summed E-state index contributed by atoms with van der Waals surface area (Å²) in [7, 11) is 0. The zero-order chi connectivity index (χ0) is 18.8. The lowest BCUT2D eigenvalue weighted by atomic mass is 10.1. The van der Waals surface area contributed by atoms with Crippen LogP contribution < -0.4 is 10.1 Å². The Labute approximate surface area is 157 Å². The second-order valence-electron chi connectivity index (χ2n) is 6.38. The molecule has 0 spiro atoms. The van der Waals surface area contributed by atoms with Crippen LogP contribution in [0.3, 0.4) is 0 Å². The van der Waals surface area contributed by atoms with E-state index in [9.17, 15) is 4.79 Å². The third-order valence-electron chi connectivity index (χ3n) is 4.29. The highest BCUT2D eigenvalue weighted by Crippen LogP contribution is 2.30. The topological polar surface area (TPSA) is 69.0 Å². The van der Waals surface area contributed by atoms with Crippen molar-refractivity contribution in [2.24, 2.45) is 0 Å². The van der Waals surface area contributed by atoms with Crippen molar-refractivity contribution in [1.82, 2.24) is 14.8 Å². The van der Waals surface area contributed by atoms with E-state index in [0.717, 1.165) is 27.2 Å². The number of ether oxygens (including phenoxy) is 1. The summed E-state index contributed by atoms with van der Waals surface area (Å²) in [5, 5.41) is 13.6. The number of fused-ring (bicyclic) bond motifs is 1. The fourth-order valence-corrected chi connectivity index (χ4v) is 3.79. The van der Waals surface area contributed by atoms with Crippen LogP contribution in [0.4, 0.5) is 5.13 Å². The third kappa shape index (κ3) is 3.31. The Morgan fingerprint density at radius 2 is 2.08 bits per heavy atom. The van der Waals surface area contributed by atoms with Crippen LogP contribution >= 0.6 is 11.3 Å².